The highest BCUT2D eigenvalue weighted by atomic mass is 35.5. The molecule has 0 saturated carbocycles. The Hall–Kier alpha value is -0.570. The molecule has 0 bridgehead atoms. The summed E-state index contributed by atoms with van der Waals surface area (Å²) in [5, 5.41) is 8.78. The lowest BCUT2D eigenvalue weighted by atomic mass is 10.2. The normalized spacial score (nSPS) is 10.9. The maximum absolute atomic E-state index is 10.5. The molecule has 0 amide bonds. The summed E-state index contributed by atoms with van der Waals surface area (Å²) in [5.41, 5.74) is 3.68. The second-order valence-corrected chi connectivity index (χ2v) is 4.34. The van der Waals surface area contributed by atoms with Crippen molar-refractivity contribution in [2.24, 2.45) is 0 Å². The quantitative estimate of drug-likeness (QED) is 0.435. The number of quaternary nitrogens is 1. The van der Waals surface area contributed by atoms with Crippen molar-refractivity contribution in [3.8, 4) is 0 Å². The molecule has 0 rings (SSSR count). The molecule has 0 aliphatic heterocycles. The number of ether oxygens (including phenoxy) is 2. The third kappa shape index (κ3) is 21.9. The van der Waals surface area contributed by atoms with Crippen LogP contribution in [0, 0.1) is 0 Å². The van der Waals surface area contributed by atoms with E-state index in [0.717, 1.165) is 38.5 Å². The van der Waals surface area contributed by atoms with Gasteiger partial charge in [0.1, 0.15) is 5.97 Å². The molecule has 0 fully saturated rings. The Kier molecular flexibility index (Phi) is 17.1. The van der Waals surface area contributed by atoms with Gasteiger partial charge in [0.05, 0.1) is 26.4 Å². The predicted octanol–water partition coefficient (Wildman–Crippen LogP) is 0.359. The van der Waals surface area contributed by atoms with Crippen molar-refractivity contribution in [3.63, 3.8) is 0 Å². The second-order valence-electron chi connectivity index (χ2n) is 3.97. The highest BCUT2D eigenvalue weighted by Crippen LogP contribution is 2.11. The monoisotopic (exact) mass is 337 g/mol. The molecule has 0 atom stereocenters. The molecule has 0 aromatic carbocycles. The molecule has 0 aromatic rings. The fourth-order valence-corrected chi connectivity index (χ4v) is 1.27. The van der Waals surface area contributed by atoms with Gasteiger partial charge in [0.2, 0.25) is 0 Å². The van der Waals surface area contributed by atoms with E-state index in [9.17, 15) is 13.2 Å². The smallest absolute Gasteiger partial charge is 0.430 e. The predicted molar refractivity (Wildman–Crippen MR) is 69.6 cm³/mol. The van der Waals surface area contributed by atoms with Crippen LogP contribution in [-0.2, 0) is 14.3 Å². The van der Waals surface area contributed by atoms with E-state index in [0.29, 0.717) is 13.2 Å². The van der Waals surface area contributed by atoms with Crippen molar-refractivity contribution in [3.05, 3.63) is 0 Å². The molecule has 0 radical (unpaired) electrons. The molecule has 0 aliphatic carbocycles. The molecule has 128 valence electrons. The molecule has 0 saturated heterocycles. The first-order valence-corrected chi connectivity index (χ1v) is 7.18. The topological polar surface area (TPSA) is 86.2 Å². The Morgan fingerprint density at radius 1 is 1.00 bits per heavy atom. The number of carbonyl (C=O) groups excluding carboxylic acids is 1. The fourth-order valence-electron chi connectivity index (χ4n) is 1.08. The number of aliphatic carboxylic acids is 1. The van der Waals surface area contributed by atoms with Crippen LogP contribution in [0.4, 0.5) is 13.2 Å². The molecular weight excluding hydrogens is 315 g/mol. The first-order valence-electron chi connectivity index (χ1n) is 6.65. The van der Waals surface area contributed by atoms with Crippen LogP contribution in [0.25, 0.3) is 0 Å². The Bertz CT molecular complexity index is 231. The van der Waals surface area contributed by atoms with Gasteiger partial charge in [-0.05, 0) is 12.8 Å². The van der Waals surface area contributed by atoms with E-state index < -0.39 is 12.1 Å². The molecule has 21 heavy (non-hydrogen) atoms. The van der Waals surface area contributed by atoms with Crippen LogP contribution >= 0.6 is 11.6 Å². The van der Waals surface area contributed by atoms with Crippen LogP contribution in [0.1, 0.15) is 25.7 Å². The van der Waals surface area contributed by atoms with Gasteiger partial charge in [0, 0.05) is 12.5 Å². The number of carboxylic acid groups (broad SMARTS) is 1. The van der Waals surface area contributed by atoms with E-state index in [-0.39, 0.29) is 0 Å². The van der Waals surface area contributed by atoms with Gasteiger partial charge in [-0.25, -0.2) is 0 Å². The van der Waals surface area contributed by atoms with E-state index in [1.165, 1.54) is 12.8 Å². The number of hydrogen-bond donors (Lipinski definition) is 1. The zero-order valence-electron chi connectivity index (χ0n) is 11.9. The first-order chi connectivity index (χ1) is 9.86. The van der Waals surface area contributed by atoms with Crippen molar-refractivity contribution in [2.75, 3.05) is 38.9 Å². The molecule has 0 aromatic heterocycles. The Labute approximate surface area is 127 Å². The molecule has 3 N–H and O–H groups in total. The summed E-state index contributed by atoms with van der Waals surface area (Å²) in [7, 11) is 0. The lowest BCUT2D eigenvalue weighted by Crippen LogP contribution is -2.52. The van der Waals surface area contributed by atoms with Gasteiger partial charge in [0.15, 0.2) is 0 Å². The number of hydrogen-bond acceptors (Lipinski definition) is 4. The Morgan fingerprint density at radius 2 is 1.48 bits per heavy atom. The van der Waals surface area contributed by atoms with Crippen molar-refractivity contribution < 1.29 is 38.3 Å². The van der Waals surface area contributed by atoms with Crippen molar-refractivity contribution in [2.45, 2.75) is 31.9 Å². The maximum atomic E-state index is 10.5. The van der Waals surface area contributed by atoms with Gasteiger partial charge in [-0.3, -0.25) is 0 Å². The van der Waals surface area contributed by atoms with Gasteiger partial charge in [-0.2, -0.15) is 13.2 Å². The minimum atomic E-state index is -5.19. The van der Waals surface area contributed by atoms with E-state index in [4.69, 9.17) is 31.0 Å². The highest BCUT2D eigenvalue weighted by molar-refractivity contribution is 6.17. The third-order valence-electron chi connectivity index (χ3n) is 2.06. The van der Waals surface area contributed by atoms with Gasteiger partial charge < -0.3 is 25.1 Å². The van der Waals surface area contributed by atoms with Crippen LogP contribution in [0.15, 0.2) is 0 Å². The fraction of sp³-hybridized carbons (Fsp3) is 0.917. The number of unbranched alkanes of at least 4 members (excludes halogenated alkanes) is 3. The molecular formula is C12H23ClF3NO4. The van der Waals surface area contributed by atoms with Gasteiger partial charge in [-0.1, -0.05) is 12.8 Å². The summed E-state index contributed by atoms with van der Waals surface area (Å²) in [6.45, 7) is 3.81. The SMILES string of the molecule is O=C([O-])C(F)(F)F.[NH3+]CCOCCOCCCCCCCl. The lowest BCUT2D eigenvalue weighted by Gasteiger charge is -2.04. The average Bonchev–Trinajstić information content (AvgIpc) is 2.40. The molecule has 0 aliphatic rings. The maximum Gasteiger partial charge on any atom is 0.430 e. The van der Waals surface area contributed by atoms with Gasteiger partial charge >= 0.3 is 6.18 Å². The number of halogens is 4. The molecule has 5 nitrogen and oxygen atoms in total. The molecule has 0 heterocycles. The number of alkyl halides is 4. The van der Waals surface area contributed by atoms with Crippen LogP contribution < -0.4 is 10.8 Å². The van der Waals surface area contributed by atoms with Gasteiger partial charge in [-0.15, -0.1) is 11.6 Å². The van der Waals surface area contributed by atoms with E-state index >= 15 is 0 Å². The summed E-state index contributed by atoms with van der Waals surface area (Å²) >= 11 is 5.56. The zero-order chi connectivity index (χ0) is 16.6. The zero-order valence-corrected chi connectivity index (χ0v) is 12.7. The van der Waals surface area contributed by atoms with Crippen LogP contribution in [-0.4, -0.2) is 51.0 Å². The molecule has 9 heteroatoms. The number of rotatable bonds is 11. The average molecular weight is 338 g/mol. The van der Waals surface area contributed by atoms with Crippen LogP contribution in [0.2, 0.25) is 0 Å². The van der Waals surface area contributed by atoms with E-state index in [1.807, 2.05) is 0 Å². The largest absolute Gasteiger partial charge is 0.542 e. The highest BCUT2D eigenvalue weighted by Gasteiger charge is 2.28. The standard InChI is InChI=1S/C10H22ClNO2.C2HF3O2/c11-5-3-1-2-4-7-13-9-10-14-8-6-12;3-2(4,5)1(6)7/h1-10,12H2;(H,6,7). The first kappa shape index (κ1) is 22.7. The van der Waals surface area contributed by atoms with Crippen LogP contribution in [0.5, 0.6) is 0 Å². The van der Waals surface area contributed by atoms with Crippen LogP contribution in [0.3, 0.4) is 0 Å². The number of carbonyl (C=O) groups is 1. The summed E-state index contributed by atoms with van der Waals surface area (Å²) in [6, 6.07) is 0. The third-order valence-corrected chi connectivity index (χ3v) is 2.33. The Balaban J connectivity index is 0. The minimum Gasteiger partial charge on any atom is -0.542 e. The minimum absolute atomic E-state index is 0.692. The summed E-state index contributed by atoms with van der Waals surface area (Å²) in [4.78, 5) is 8.78. The van der Waals surface area contributed by atoms with Crippen molar-refractivity contribution in [1.29, 1.82) is 0 Å². The number of carboxylic acids is 1. The summed E-state index contributed by atoms with van der Waals surface area (Å²) < 4.78 is 42.2. The summed E-state index contributed by atoms with van der Waals surface area (Å²) in [5.74, 6) is -2.23. The second kappa shape index (κ2) is 15.8. The van der Waals surface area contributed by atoms with Crippen molar-refractivity contribution >= 4 is 17.6 Å². The molecule has 0 unspecified atom stereocenters. The molecule has 0 spiro atoms. The van der Waals surface area contributed by atoms with E-state index in [1.54, 1.807) is 0 Å². The van der Waals surface area contributed by atoms with Crippen molar-refractivity contribution in [1.82, 2.24) is 0 Å². The van der Waals surface area contributed by atoms with Gasteiger partial charge in [0.25, 0.3) is 0 Å². The summed E-state index contributed by atoms with van der Waals surface area (Å²) in [6.07, 6.45) is -0.516. The Morgan fingerprint density at radius 3 is 1.90 bits per heavy atom. The lowest BCUT2D eigenvalue weighted by molar-refractivity contribution is -0.374. The van der Waals surface area contributed by atoms with E-state index in [2.05, 4.69) is 5.73 Å².